The largest absolute Gasteiger partial charge is 0.272 e. The lowest BCUT2D eigenvalue weighted by atomic mass is 10.1. The van der Waals surface area contributed by atoms with Gasteiger partial charge < -0.3 is 0 Å². The van der Waals surface area contributed by atoms with E-state index in [-0.39, 0.29) is 11.7 Å². The van der Waals surface area contributed by atoms with E-state index in [1.165, 1.54) is 35.2 Å². The van der Waals surface area contributed by atoms with Crippen molar-refractivity contribution < 1.29 is 9.18 Å². The molecule has 1 amide bonds. The zero-order valence-corrected chi connectivity index (χ0v) is 13.1. The predicted octanol–water partition coefficient (Wildman–Crippen LogP) is 3.52. The quantitative estimate of drug-likeness (QED) is 0.654. The Morgan fingerprint density at radius 3 is 2.73 bits per heavy atom. The van der Waals surface area contributed by atoms with Crippen LogP contribution in [-0.4, -0.2) is 17.9 Å². The van der Waals surface area contributed by atoms with Crippen LogP contribution in [0, 0.1) is 12.7 Å². The summed E-state index contributed by atoms with van der Waals surface area (Å²) in [5.41, 5.74) is 5.18. The van der Waals surface area contributed by atoms with Gasteiger partial charge in [-0.15, -0.1) is 11.8 Å². The second kappa shape index (κ2) is 8.34. The third kappa shape index (κ3) is 5.00. The number of aryl methyl sites for hydroxylation is 1. The van der Waals surface area contributed by atoms with Gasteiger partial charge in [-0.25, -0.2) is 9.82 Å². The first kappa shape index (κ1) is 16.2. The van der Waals surface area contributed by atoms with E-state index >= 15 is 0 Å². The first-order chi connectivity index (χ1) is 10.7. The monoisotopic (exact) mass is 316 g/mol. The molecule has 0 aliphatic rings. The zero-order valence-electron chi connectivity index (χ0n) is 12.3. The summed E-state index contributed by atoms with van der Waals surface area (Å²) in [5, 5.41) is 3.77. The molecule has 22 heavy (non-hydrogen) atoms. The number of nitrogens with zero attached hydrogens (tertiary/aromatic N) is 1. The Morgan fingerprint density at radius 2 is 1.95 bits per heavy atom. The molecule has 0 fully saturated rings. The number of carbonyl (C=O) groups is 1. The van der Waals surface area contributed by atoms with Crippen molar-refractivity contribution in [2.75, 3.05) is 5.75 Å². The SMILES string of the molecule is Cc1ccccc1CSCC(=O)N/N=C\c1ccccc1F. The Labute approximate surface area is 133 Å². The van der Waals surface area contributed by atoms with Crippen molar-refractivity contribution in [3.8, 4) is 0 Å². The Morgan fingerprint density at radius 1 is 1.23 bits per heavy atom. The first-order valence-corrected chi connectivity index (χ1v) is 8.01. The standard InChI is InChI=1S/C17H17FN2OS/c1-13-6-2-3-8-15(13)11-22-12-17(21)20-19-10-14-7-4-5-9-16(14)18/h2-10H,11-12H2,1H3,(H,20,21)/b19-10-. The average Bonchev–Trinajstić information content (AvgIpc) is 2.51. The molecule has 0 aliphatic carbocycles. The fourth-order valence-electron chi connectivity index (χ4n) is 1.81. The molecule has 0 atom stereocenters. The molecule has 0 heterocycles. The zero-order chi connectivity index (χ0) is 15.8. The maximum Gasteiger partial charge on any atom is 0.250 e. The van der Waals surface area contributed by atoms with Crippen molar-refractivity contribution in [3.05, 3.63) is 71.0 Å². The van der Waals surface area contributed by atoms with E-state index in [0.29, 0.717) is 11.3 Å². The highest BCUT2D eigenvalue weighted by molar-refractivity contribution is 7.99. The van der Waals surface area contributed by atoms with E-state index in [1.54, 1.807) is 18.2 Å². The summed E-state index contributed by atoms with van der Waals surface area (Å²) < 4.78 is 13.3. The van der Waals surface area contributed by atoms with Gasteiger partial charge >= 0.3 is 0 Å². The number of rotatable bonds is 6. The Bertz CT molecular complexity index is 673. The van der Waals surface area contributed by atoms with Gasteiger partial charge in [0.1, 0.15) is 5.82 Å². The highest BCUT2D eigenvalue weighted by atomic mass is 32.2. The number of hydrazone groups is 1. The van der Waals surface area contributed by atoms with Gasteiger partial charge in [-0.05, 0) is 24.1 Å². The maximum absolute atomic E-state index is 13.3. The van der Waals surface area contributed by atoms with E-state index < -0.39 is 0 Å². The lowest BCUT2D eigenvalue weighted by Crippen LogP contribution is -2.19. The van der Waals surface area contributed by atoms with Crippen LogP contribution in [0.25, 0.3) is 0 Å². The molecular formula is C17H17FN2OS. The molecule has 5 heteroatoms. The number of thioether (sulfide) groups is 1. The van der Waals surface area contributed by atoms with Crippen LogP contribution in [0.4, 0.5) is 4.39 Å². The molecule has 0 unspecified atom stereocenters. The third-order valence-corrected chi connectivity index (χ3v) is 4.03. The van der Waals surface area contributed by atoms with Gasteiger partial charge in [0.05, 0.1) is 12.0 Å². The Kier molecular flexibility index (Phi) is 6.15. The van der Waals surface area contributed by atoms with Crippen LogP contribution >= 0.6 is 11.8 Å². The van der Waals surface area contributed by atoms with E-state index in [2.05, 4.69) is 29.6 Å². The van der Waals surface area contributed by atoms with E-state index in [1.807, 2.05) is 12.1 Å². The molecule has 0 bridgehead atoms. The fourth-order valence-corrected chi connectivity index (χ4v) is 2.71. The van der Waals surface area contributed by atoms with Gasteiger partial charge in [-0.1, -0.05) is 42.5 Å². The molecule has 0 saturated heterocycles. The number of benzene rings is 2. The van der Waals surface area contributed by atoms with Gasteiger partial charge in [-0.2, -0.15) is 5.10 Å². The van der Waals surface area contributed by atoms with Crippen molar-refractivity contribution >= 4 is 23.9 Å². The van der Waals surface area contributed by atoms with E-state index in [4.69, 9.17) is 0 Å². The van der Waals surface area contributed by atoms with Crippen molar-refractivity contribution in [2.45, 2.75) is 12.7 Å². The predicted molar refractivity (Wildman–Crippen MR) is 89.5 cm³/mol. The van der Waals surface area contributed by atoms with E-state index in [0.717, 1.165) is 5.75 Å². The minimum Gasteiger partial charge on any atom is -0.272 e. The molecule has 114 valence electrons. The molecule has 0 aliphatic heterocycles. The Balaban J connectivity index is 1.75. The topological polar surface area (TPSA) is 41.5 Å². The summed E-state index contributed by atoms with van der Waals surface area (Å²) in [6.07, 6.45) is 1.30. The molecule has 2 aromatic carbocycles. The minimum atomic E-state index is -0.366. The summed E-state index contributed by atoms with van der Waals surface area (Å²) >= 11 is 1.52. The summed E-state index contributed by atoms with van der Waals surface area (Å²) in [7, 11) is 0. The molecule has 1 N–H and O–H groups in total. The number of hydrogen-bond donors (Lipinski definition) is 1. The lowest BCUT2D eigenvalue weighted by Gasteiger charge is -2.04. The van der Waals surface area contributed by atoms with Gasteiger partial charge in [0.15, 0.2) is 0 Å². The third-order valence-electron chi connectivity index (χ3n) is 3.05. The second-order valence-corrected chi connectivity index (χ2v) is 5.72. The van der Waals surface area contributed by atoms with Gasteiger partial charge in [0.2, 0.25) is 5.91 Å². The lowest BCUT2D eigenvalue weighted by molar-refractivity contribution is -0.118. The second-order valence-electron chi connectivity index (χ2n) is 4.73. The molecule has 0 aromatic heterocycles. The number of nitrogens with one attached hydrogen (secondary N) is 1. The van der Waals surface area contributed by atoms with Crippen LogP contribution in [0.3, 0.4) is 0 Å². The molecule has 0 saturated carbocycles. The average molecular weight is 316 g/mol. The number of halogens is 1. The number of amides is 1. The summed E-state index contributed by atoms with van der Waals surface area (Å²) in [6, 6.07) is 14.3. The summed E-state index contributed by atoms with van der Waals surface area (Å²) in [6.45, 7) is 2.05. The molecule has 3 nitrogen and oxygen atoms in total. The Hall–Kier alpha value is -2.14. The smallest absolute Gasteiger partial charge is 0.250 e. The van der Waals surface area contributed by atoms with Crippen LogP contribution in [0.1, 0.15) is 16.7 Å². The molecule has 2 rings (SSSR count). The van der Waals surface area contributed by atoms with Crippen LogP contribution in [-0.2, 0) is 10.5 Å². The van der Waals surface area contributed by atoms with Crippen molar-refractivity contribution in [3.63, 3.8) is 0 Å². The van der Waals surface area contributed by atoms with Crippen molar-refractivity contribution in [1.82, 2.24) is 5.43 Å². The van der Waals surface area contributed by atoms with Gasteiger partial charge in [0.25, 0.3) is 0 Å². The van der Waals surface area contributed by atoms with Gasteiger partial charge in [0, 0.05) is 11.3 Å². The number of hydrogen-bond acceptors (Lipinski definition) is 3. The highest BCUT2D eigenvalue weighted by Crippen LogP contribution is 2.15. The van der Waals surface area contributed by atoms with Crippen molar-refractivity contribution in [1.29, 1.82) is 0 Å². The normalized spacial score (nSPS) is 10.8. The minimum absolute atomic E-state index is 0.203. The molecule has 0 spiro atoms. The van der Waals surface area contributed by atoms with Crippen LogP contribution in [0.2, 0.25) is 0 Å². The van der Waals surface area contributed by atoms with E-state index in [9.17, 15) is 9.18 Å². The molecule has 2 aromatic rings. The summed E-state index contributed by atoms with van der Waals surface area (Å²) in [4.78, 5) is 11.7. The van der Waals surface area contributed by atoms with Gasteiger partial charge in [-0.3, -0.25) is 4.79 Å². The summed E-state index contributed by atoms with van der Waals surface area (Å²) in [5.74, 6) is 0.515. The maximum atomic E-state index is 13.3. The van der Waals surface area contributed by atoms with Crippen LogP contribution < -0.4 is 5.43 Å². The van der Waals surface area contributed by atoms with Crippen LogP contribution in [0.15, 0.2) is 53.6 Å². The molecule has 0 radical (unpaired) electrons. The van der Waals surface area contributed by atoms with Crippen LogP contribution in [0.5, 0.6) is 0 Å². The fraction of sp³-hybridized carbons (Fsp3) is 0.176. The molecular weight excluding hydrogens is 299 g/mol. The van der Waals surface area contributed by atoms with Crippen molar-refractivity contribution in [2.24, 2.45) is 5.10 Å². The number of carbonyl (C=O) groups excluding carboxylic acids is 1. The first-order valence-electron chi connectivity index (χ1n) is 6.85. The highest BCUT2D eigenvalue weighted by Gasteiger charge is 2.02.